The van der Waals surface area contributed by atoms with Crippen LogP contribution in [0.5, 0.6) is 0 Å². The lowest BCUT2D eigenvalue weighted by atomic mass is 10.0. The second-order valence-electron chi connectivity index (χ2n) is 4.38. The van der Waals surface area contributed by atoms with Crippen molar-refractivity contribution in [1.82, 2.24) is 5.32 Å². The van der Waals surface area contributed by atoms with E-state index >= 15 is 0 Å². The third kappa shape index (κ3) is 4.09. The molecule has 19 heavy (non-hydrogen) atoms. The summed E-state index contributed by atoms with van der Waals surface area (Å²) >= 11 is 1.24. The number of carbonyl (C=O) groups is 2. The standard InChI is InChI=1S/C13H16N2O3S/c1-13(2,12(14)18)15-11(17)10-9(6-8-19-10)5-3-4-7-16/h6,8,16H,4,7H2,1-2H3,(H2,14,18)(H,15,17). The van der Waals surface area contributed by atoms with E-state index < -0.39 is 11.4 Å². The van der Waals surface area contributed by atoms with Gasteiger partial charge in [0, 0.05) is 12.0 Å². The maximum atomic E-state index is 12.1. The number of hydrogen-bond donors (Lipinski definition) is 3. The molecular weight excluding hydrogens is 264 g/mol. The first-order valence-corrected chi connectivity index (χ1v) is 6.56. The predicted octanol–water partition coefficient (Wildman–Crippen LogP) is 0.476. The van der Waals surface area contributed by atoms with E-state index in [-0.39, 0.29) is 12.5 Å². The summed E-state index contributed by atoms with van der Waals surface area (Å²) in [4.78, 5) is 23.7. The Balaban J connectivity index is 2.88. The number of thiophene rings is 1. The highest BCUT2D eigenvalue weighted by Gasteiger charge is 2.28. The normalized spacial score (nSPS) is 10.5. The monoisotopic (exact) mass is 280 g/mol. The maximum Gasteiger partial charge on any atom is 0.263 e. The lowest BCUT2D eigenvalue weighted by molar-refractivity contribution is -0.122. The molecule has 6 heteroatoms. The average Bonchev–Trinajstić information content (AvgIpc) is 2.77. The van der Waals surface area contributed by atoms with Crippen LogP contribution in [0.4, 0.5) is 0 Å². The molecule has 5 nitrogen and oxygen atoms in total. The van der Waals surface area contributed by atoms with Crippen molar-refractivity contribution in [2.24, 2.45) is 5.73 Å². The number of nitrogens with two attached hydrogens (primary N) is 1. The van der Waals surface area contributed by atoms with Gasteiger partial charge in [-0.25, -0.2) is 0 Å². The Hall–Kier alpha value is -1.84. The molecule has 1 aromatic heterocycles. The number of primary amides is 1. The smallest absolute Gasteiger partial charge is 0.263 e. The van der Waals surface area contributed by atoms with Crippen LogP contribution in [0, 0.1) is 11.8 Å². The molecule has 0 aliphatic heterocycles. The summed E-state index contributed by atoms with van der Waals surface area (Å²) in [6.45, 7) is 3.06. The molecule has 0 saturated carbocycles. The van der Waals surface area contributed by atoms with E-state index in [0.29, 0.717) is 16.9 Å². The zero-order valence-corrected chi connectivity index (χ0v) is 11.6. The van der Waals surface area contributed by atoms with Gasteiger partial charge in [-0.1, -0.05) is 11.8 Å². The van der Waals surface area contributed by atoms with Crippen molar-refractivity contribution in [3.8, 4) is 11.8 Å². The molecule has 1 aromatic rings. The molecule has 102 valence electrons. The van der Waals surface area contributed by atoms with Gasteiger partial charge >= 0.3 is 0 Å². The Morgan fingerprint density at radius 1 is 1.53 bits per heavy atom. The summed E-state index contributed by atoms with van der Waals surface area (Å²) in [5, 5.41) is 13.0. The molecule has 1 rings (SSSR count). The van der Waals surface area contributed by atoms with Crippen molar-refractivity contribution in [1.29, 1.82) is 0 Å². The summed E-state index contributed by atoms with van der Waals surface area (Å²) in [6, 6.07) is 1.72. The summed E-state index contributed by atoms with van der Waals surface area (Å²) in [5.41, 5.74) is 4.67. The lowest BCUT2D eigenvalue weighted by Crippen LogP contribution is -2.52. The van der Waals surface area contributed by atoms with Gasteiger partial charge in [0.25, 0.3) is 5.91 Å². The zero-order chi connectivity index (χ0) is 14.5. The minimum Gasteiger partial charge on any atom is -0.395 e. The highest BCUT2D eigenvalue weighted by Crippen LogP contribution is 2.17. The van der Waals surface area contributed by atoms with Gasteiger partial charge in [0.1, 0.15) is 10.4 Å². The Morgan fingerprint density at radius 3 is 2.79 bits per heavy atom. The molecule has 2 amide bonds. The van der Waals surface area contributed by atoms with E-state index in [1.165, 1.54) is 25.2 Å². The van der Waals surface area contributed by atoms with Gasteiger partial charge in [0.2, 0.25) is 5.91 Å². The van der Waals surface area contributed by atoms with Gasteiger partial charge in [0.05, 0.1) is 6.61 Å². The van der Waals surface area contributed by atoms with Gasteiger partial charge < -0.3 is 16.2 Å². The van der Waals surface area contributed by atoms with Crippen LogP contribution in [0.1, 0.15) is 35.5 Å². The lowest BCUT2D eigenvalue weighted by Gasteiger charge is -2.21. The molecule has 0 aliphatic rings. The van der Waals surface area contributed by atoms with Crippen LogP contribution in [-0.2, 0) is 4.79 Å². The Bertz CT molecular complexity index is 538. The number of aliphatic hydroxyl groups excluding tert-OH is 1. The number of rotatable bonds is 4. The third-order valence-corrected chi connectivity index (χ3v) is 3.29. The topological polar surface area (TPSA) is 92.4 Å². The fourth-order valence-corrected chi connectivity index (χ4v) is 1.94. The third-order valence-electron chi connectivity index (χ3n) is 2.37. The molecule has 1 heterocycles. The largest absolute Gasteiger partial charge is 0.395 e. The number of nitrogens with one attached hydrogen (secondary N) is 1. The van der Waals surface area contributed by atoms with Crippen LogP contribution >= 0.6 is 11.3 Å². The molecular formula is C13H16N2O3S. The number of hydrogen-bond acceptors (Lipinski definition) is 4. The number of carbonyl (C=O) groups excluding carboxylic acids is 2. The maximum absolute atomic E-state index is 12.1. The number of aliphatic hydroxyl groups is 1. The first-order valence-electron chi connectivity index (χ1n) is 5.68. The van der Waals surface area contributed by atoms with Crippen molar-refractivity contribution < 1.29 is 14.7 Å². The molecule has 0 radical (unpaired) electrons. The van der Waals surface area contributed by atoms with E-state index in [0.717, 1.165) is 0 Å². The van der Waals surface area contributed by atoms with E-state index in [1.54, 1.807) is 11.4 Å². The Morgan fingerprint density at radius 2 is 2.21 bits per heavy atom. The first-order chi connectivity index (χ1) is 8.88. The Labute approximate surface area is 115 Å². The molecule has 0 atom stereocenters. The van der Waals surface area contributed by atoms with Gasteiger partial charge in [-0.05, 0) is 25.3 Å². The van der Waals surface area contributed by atoms with Gasteiger partial charge in [-0.2, -0.15) is 0 Å². The van der Waals surface area contributed by atoms with Crippen LogP contribution in [0.3, 0.4) is 0 Å². The highest BCUT2D eigenvalue weighted by atomic mass is 32.1. The molecule has 0 unspecified atom stereocenters. The fraction of sp³-hybridized carbons (Fsp3) is 0.385. The summed E-state index contributed by atoms with van der Waals surface area (Å²) < 4.78 is 0. The van der Waals surface area contributed by atoms with Gasteiger partial charge in [-0.15, -0.1) is 11.3 Å². The number of amides is 2. The Kier molecular flexibility index (Phi) is 5.10. The second kappa shape index (κ2) is 6.36. The van der Waals surface area contributed by atoms with E-state index in [1.807, 2.05) is 0 Å². The SMILES string of the molecule is CC(C)(NC(=O)c1sccc1C#CCCO)C(N)=O. The van der Waals surface area contributed by atoms with Gasteiger partial charge in [-0.3, -0.25) is 9.59 Å². The van der Waals surface area contributed by atoms with Crippen molar-refractivity contribution in [2.75, 3.05) is 6.61 Å². The molecule has 0 aliphatic carbocycles. The van der Waals surface area contributed by atoms with Crippen molar-refractivity contribution in [2.45, 2.75) is 25.8 Å². The average molecular weight is 280 g/mol. The summed E-state index contributed by atoms with van der Waals surface area (Å²) in [5.74, 6) is 4.58. The van der Waals surface area contributed by atoms with E-state index in [9.17, 15) is 9.59 Å². The molecule has 0 aromatic carbocycles. The molecule has 0 spiro atoms. The van der Waals surface area contributed by atoms with Gasteiger partial charge in [0.15, 0.2) is 0 Å². The molecule has 4 N–H and O–H groups in total. The molecule has 0 fully saturated rings. The van der Waals surface area contributed by atoms with E-state index in [4.69, 9.17) is 10.8 Å². The van der Waals surface area contributed by atoms with E-state index in [2.05, 4.69) is 17.2 Å². The van der Waals surface area contributed by atoms with Crippen LogP contribution in [0.25, 0.3) is 0 Å². The zero-order valence-electron chi connectivity index (χ0n) is 10.8. The highest BCUT2D eigenvalue weighted by molar-refractivity contribution is 7.12. The van der Waals surface area contributed by atoms with Crippen LogP contribution in [0.2, 0.25) is 0 Å². The van der Waals surface area contributed by atoms with Crippen molar-refractivity contribution >= 4 is 23.2 Å². The minimum atomic E-state index is -1.11. The van der Waals surface area contributed by atoms with Crippen LogP contribution < -0.4 is 11.1 Å². The second-order valence-corrected chi connectivity index (χ2v) is 5.30. The quantitative estimate of drug-likeness (QED) is 0.700. The van der Waals surface area contributed by atoms with Crippen molar-refractivity contribution in [3.63, 3.8) is 0 Å². The van der Waals surface area contributed by atoms with Crippen LogP contribution in [-0.4, -0.2) is 29.1 Å². The summed E-state index contributed by atoms with van der Waals surface area (Å²) in [6.07, 6.45) is 0.351. The summed E-state index contributed by atoms with van der Waals surface area (Å²) in [7, 11) is 0. The first kappa shape index (κ1) is 15.2. The van der Waals surface area contributed by atoms with Crippen LogP contribution in [0.15, 0.2) is 11.4 Å². The molecule has 0 bridgehead atoms. The van der Waals surface area contributed by atoms with Crippen molar-refractivity contribution in [3.05, 3.63) is 21.9 Å². The minimum absolute atomic E-state index is 0.0205. The predicted molar refractivity (Wildman–Crippen MR) is 73.6 cm³/mol. The fourth-order valence-electron chi connectivity index (χ4n) is 1.20. The molecule has 0 saturated heterocycles.